The molecule has 0 bridgehead atoms. The molecule has 134 valence electrons. The Bertz CT molecular complexity index is 867. The normalized spacial score (nSPS) is 11.0. The van der Waals surface area contributed by atoms with Gasteiger partial charge in [-0.25, -0.2) is 8.42 Å². The second-order valence-corrected chi connectivity index (χ2v) is 7.33. The number of nitrogens with one attached hydrogen (secondary N) is 1. The van der Waals surface area contributed by atoms with Crippen LogP contribution in [-0.2, 0) is 26.0 Å². The predicted molar refractivity (Wildman–Crippen MR) is 96.8 cm³/mol. The third-order valence-corrected chi connectivity index (χ3v) is 3.98. The fourth-order valence-electron chi connectivity index (χ4n) is 2.12. The molecule has 0 atom stereocenters. The van der Waals surface area contributed by atoms with Crippen LogP contribution in [0.1, 0.15) is 12.5 Å². The summed E-state index contributed by atoms with van der Waals surface area (Å²) in [6, 6.07) is 11.7. The van der Waals surface area contributed by atoms with Crippen LogP contribution in [0.25, 0.3) is 0 Å². The van der Waals surface area contributed by atoms with Crippen LogP contribution in [0.3, 0.4) is 0 Å². The Kier molecular flexibility index (Phi) is 6.27. The molecule has 6 nitrogen and oxygen atoms in total. The van der Waals surface area contributed by atoms with Crippen molar-refractivity contribution in [3.63, 3.8) is 0 Å². The molecule has 2 rings (SSSR count). The maximum absolute atomic E-state index is 11.8. The van der Waals surface area contributed by atoms with E-state index in [9.17, 15) is 13.2 Å². The monoisotopic (exact) mass is 383 g/mol. The summed E-state index contributed by atoms with van der Waals surface area (Å²) in [6.07, 6.45) is 0.929. The van der Waals surface area contributed by atoms with E-state index in [1.165, 1.54) is 0 Å². The minimum Gasteiger partial charge on any atom is -0.466 e. The molecule has 2 aromatic rings. The molecule has 0 aromatic heterocycles. The van der Waals surface area contributed by atoms with Crippen molar-refractivity contribution in [2.24, 2.45) is 0 Å². The predicted octanol–water partition coefficient (Wildman–Crippen LogP) is 3.61. The zero-order chi connectivity index (χ0) is 18.4. The summed E-state index contributed by atoms with van der Waals surface area (Å²) in [4.78, 5) is 11.8. The highest BCUT2D eigenvalue weighted by atomic mass is 35.5. The van der Waals surface area contributed by atoms with E-state index in [1.807, 2.05) is 0 Å². The first-order valence-electron chi connectivity index (χ1n) is 7.48. The SMILES string of the molecule is CCOC(=O)Cc1cccc(Oc2ccccc2Cl)c1NS(C)(=O)=O. The molecular formula is C17H18ClNO5S. The number of halogens is 1. The van der Waals surface area contributed by atoms with E-state index in [0.29, 0.717) is 16.3 Å². The largest absolute Gasteiger partial charge is 0.466 e. The molecule has 0 fully saturated rings. The minimum absolute atomic E-state index is 0.0919. The van der Waals surface area contributed by atoms with Gasteiger partial charge in [0.2, 0.25) is 10.0 Å². The lowest BCUT2D eigenvalue weighted by atomic mass is 10.1. The molecule has 2 aromatic carbocycles. The summed E-state index contributed by atoms with van der Waals surface area (Å²) in [7, 11) is -3.59. The number of ether oxygens (including phenoxy) is 2. The van der Waals surface area contributed by atoms with Gasteiger partial charge in [0.15, 0.2) is 5.75 Å². The van der Waals surface area contributed by atoms with Gasteiger partial charge < -0.3 is 9.47 Å². The Morgan fingerprint density at radius 2 is 1.80 bits per heavy atom. The van der Waals surface area contributed by atoms with Crippen molar-refractivity contribution in [2.45, 2.75) is 13.3 Å². The van der Waals surface area contributed by atoms with Crippen molar-refractivity contribution in [1.29, 1.82) is 0 Å². The minimum atomic E-state index is -3.59. The molecule has 0 saturated heterocycles. The van der Waals surface area contributed by atoms with Crippen LogP contribution in [0, 0.1) is 0 Å². The average molecular weight is 384 g/mol. The molecule has 8 heteroatoms. The van der Waals surface area contributed by atoms with E-state index in [0.717, 1.165) is 6.26 Å². The Labute approximate surface area is 151 Å². The van der Waals surface area contributed by atoms with Crippen molar-refractivity contribution in [3.05, 3.63) is 53.1 Å². The number of rotatable bonds is 7. The summed E-state index contributed by atoms with van der Waals surface area (Å²) < 4.78 is 36.5. The van der Waals surface area contributed by atoms with Gasteiger partial charge in [-0.15, -0.1) is 0 Å². The molecule has 25 heavy (non-hydrogen) atoms. The maximum Gasteiger partial charge on any atom is 0.310 e. The van der Waals surface area contributed by atoms with Crippen LogP contribution in [0.2, 0.25) is 5.02 Å². The molecule has 0 aliphatic heterocycles. The number of carbonyl (C=O) groups is 1. The molecule has 0 spiro atoms. The highest BCUT2D eigenvalue weighted by Gasteiger charge is 2.17. The van der Waals surface area contributed by atoms with E-state index in [4.69, 9.17) is 21.1 Å². The molecule has 1 N–H and O–H groups in total. The molecular weight excluding hydrogens is 366 g/mol. The molecule has 0 amide bonds. The zero-order valence-electron chi connectivity index (χ0n) is 13.8. The van der Waals surface area contributed by atoms with Crippen LogP contribution in [0.15, 0.2) is 42.5 Å². The molecule has 0 aliphatic carbocycles. The number of hydrogen-bond donors (Lipinski definition) is 1. The van der Waals surface area contributed by atoms with Gasteiger partial charge in [-0.1, -0.05) is 35.9 Å². The fraction of sp³-hybridized carbons (Fsp3) is 0.235. The van der Waals surface area contributed by atoms with E-state index < -0.39 is 16.0 Å². The Hall–Kier alpha value is -2.25. The van der Waals surface area contributed by atoms with E-state index in [2.05, 4.69) is 4.72 Å². The van der Waals surface area contributed by atoms with Crippen molar-refractivity contribution >= 4 is 33.3 Å². The summed E-state index contributed by atoms with van der Waals surface area (Å²) >= 11 is 6.09. The van der Waals surface area contributed by atoms with Gasteiger partial charge in [-0.3, -0.25) is 9.52 Å². The Morgan fingerprint density at radius 3 is 2.44 bits per heavy atom. The second kappa shape index (κ2) is 8.22. The van der Waals surface area contributed by atoms with Gasteiger partial charge in [-0.2, -0.15) is 0 Å². The lowest BCUT2D eigenvalue weighted by molar-refractivity contribution is -0.142. The maximum atomic E-state index is 11.8. The smallest absolute Gasteiger partial charge is 0.310 e. The first-order valence-corrected chi connectivity index (χ1v) is 9.74. The van der Waals surface area contributed by atoms with Crippen molar-refractivity contribution in [3.8, 4) is 11.5 Å². The number of carbonyl (C=O) groups excluding carboxylic acids is 1. The summed E-state index contributed by atoms with van der Waals surface area (Å²) in [6.45, 7) is 1.94. The second-order valence-electron chi connectivity index (χ2n) is 5.18. The van der Waals surface area contributed by atoms with Gasteiger partial charge in [0.05, 0.1) is 30.0 Å². The number of anilines is 1. The Balaban J connectivity index is 2.44. The van der Waals surface area contributed by atoms with E-state index >= 15 is 0 Å². The molecule has 0 aliphatic rings. The van der Waals surface area contributed by atoms with E-state index in [1.54, 1.807) is 49.4 Å². The van der Waals surface area contributed by atoms with Crippen LogP contribution in [0.4, 0.5) is 5.69 Å². The zero-order valence-corrected chi connectivity index (χ0v) is 15.4. The first kappa shape index (κ1) is 19.1. The van der Waals surface area contributed by atoms with E-state index in [-0.39, 0.29) is 24.5 Å². The summed E-state index contributed by atoms with van der Waals surface area (Å²) in [5.74, 6) is 0.142. The van der Waals surface area contributed by atoms with Crippen LogP contribution in [-0.4, -0.2) is 27.2 Å². The number of hydrogen-bond acceptors (Lipinski definition) is 5. The standard InChI is InChI=1S/C17H18ClNO5S/c1-3-23-16(20)11-12-7-6-10-15(17(12)19-25(2,21)22)24-14-9-5-4-8-13(14)18/h4-10,19H,3,11H2,1-2H3. The summed E-state index contributed by atoms with van der Waals surface area (Å²) in [5, 5.41) is 0.378. The Morgan fingerprint density at radius 1 is 1.12 bits per heavy atom. The number of sulfonamides is 1. The molecule has 0 unspecified atom stereocenters. The number of esters is 1. The van der Waals surface area contributed by atoms with Gasteiger partial charge in [0.25, 0.3) is 0 Å². The lowest BCUT2D eigenvalue weighted by Gasteiger charge is -2.16. The highest BCUT2D eigenvalue weighted by molar-refractivity contribution is 7.92. The quantitative estimate of drug-likeness (QED) is 0.738. The number of para-hydroxylation sites is 2. The molecule has 0 saturated carbocycles. The van der Waals surface area contributed by atoms with Gasteiger partial charge in [-0.05, 0) is 30.7 Å². The molecule has 0 heterocycles. The van der Waals surface area contributed by atoms with Crippen molar-refractivity contribution < 1.29 is 22.7 Å². The third kappa shape index (κ3) is 5.65. The van der Waals surface area contributed by atoms with Gasteiger partial charge in [0.1, 0.15) is 5.75 Å². The topological polar surface area (TPSA) is 81.7 Å². The van der Waals surface area contributed by atoms with Gasteiger partial charge in [0, 0.05) is 0 Å². The van der Waals surface area contributed by atoms with Crippen LogP contribution in [0.5, 0.6) is 11.5 Å². The van der Waals surface area contributed by atoms with Crippen molar-refractivity contribution in [2.75, 3.05) is 17.6 Å². The number of benzene rings is 2. The van der Waals surface area contributed by atoms with Crippen molar-refractivity contribution in [1.82, 2.24) is 0 Å². The fourth-order valence-corrected chi connectivity index (χ4v) is 2.90. The van der Waals surface area contributed by atoms with Crippen LogP contribution >= 0.6 is 11.6 Å². The highest BCUT2D eigenvalue weighted by Crippen LogP contribution is 2.36. The van der Waals surface area contributed by atoms with Gasteiger partial charge >= 0.3 is 5.97 Å². The van der Waals surface area contributed by atoms with Crippen LogP contribution < -0.4 is 9.46 Å². The average Bonchev–Trinajstić information content (AvgIpc) is 2.51. The molecule has 0 radical (unpaired) electrons. The summed E-state index contributed by atoms with van der Waals surface area (Å²) in [5.41, 5.74) is 0.617. The lowest BCUT2D eigenvalue weighted by Crippen LogP contribution is -2.15. The first-order chi connectivity index (χ1) is 11.8. The third-order valence-electron chi connectivity index (χ3n) is 3.10.